The molecule has 0 saturated heterocycles. The highest BCUT2D eigenvalue weighted by Crippen LogP contribution is 2.59. The van der Waals surface area contributed by atoms with Crippen LogP contribution >= 0.6 is 0 Å². The van der Waals surface area contributed by atoms with Crippen molar-refractivity contribution in [2.24, 2.45) is 17.3 Å². The smallest absolute Gasteiger partial charge is 0.183 e. The van der Waals surface area contributed by atoms with Crippen molar-refractivity contribution in [3.63, 3.8) is 0 Å². The molecule has 5 nitrogen and oxygen atoms in total. The Labute approximate surface area is 165 Å². The zero-order chi connectivity index (χ0) is 20.2. The third-order valence-corrected chi connectivity index (χ3v) is 10.9. The van der Waals surface area contributed by atoms with Gasteiger partial charge in [0, 0.05) is 23.9 Å². The van der Waals surface area contributed by atoms with Gasteiger partial charge in [0.05, 0.1) is 20.3 Å². The fourth-order valence-electron chi connectivity index (χ4n) is 4.76. The normalized spacial score (nSPS) is 31.9. The highest BCUT2D eigenvalue weighted by Gasteiger charge is 2.66. The monoisotopic (exact) mass is 418 g/mol. The lowest BCUT2D eigenvalue weighted by atomic mass is 9.79. The van der Waals surface area contributed by atoms with E-state index >= 15 is 0 Å². The summed E-state index contributed by atoms with van der Waals surface area (Å²) >= 11 is 0. The summed E-state index contributed by atoms with van der Waals surface area (Å²) in [6, 6.07) is 15.9. The zero-order valence-electron chi connectivity index (χ0n) is 15.3. The average molecular weight is 419 g/mol. The van der Waals surface area contributed by atoms with Crippen LogP contribution in [-0.2, 0) is 19.7 Å². The van der Waals surface area contributed by atoms with Gasteiger partial charge < -0.3 is 5.11 Å². The van der Waals surface area contributed by atoms with Gasteiger partial charge in [0.25, 0.3) is 0 Å². The summed E-state index contributed by atoms with van der Waals surface area (Å²) in [5.41, 5.74) is -0.834. The zero-order valence-corrected chi connectivity index (χ0v) is 17.0. The Morgan fingerprint density at radius 3 is 1.43 bits per heavy atom. The molecule has 1 N–H and O–H groups in total. The molecule has 2 aromatic carbocycles. The molecule has 148 valence electrons. The topological polar surface area (TPSA) is 88.5 Å². The van der Waals surface area contributed by atoms with Gasteiger partial charge in [-0.05, 0) is 24.3 Å². The van der Waals surface area contributed by atoms with Crippen molar-refractivity contribution in [3.8, 4) is 0 Å². The Morgan fingerprint density at radius 1 is 0.750 bits per heavy atom. The molecule has 28 heavy (non-hydrogen) atoms. The van der Waals surface area contributed by atoms with E-state index in [1.165, 1.54) is 24.3 Å². The number of hydrogen-bond donors (Lipinski definition) is 1. The summed E-state index contributed by atoms with van der Waals surface area (Å²) in [4.78, 5) is 0.212. The van der Waals surface area contributed by atoms with Crippen LogP contribution in [0.4, 0.5) is 0 Å². The van der Waals surface area contributed by atoms with E-state index in [0.717, 1.165) is 0 Å². The maximum atomic E-state index is 13.5. The first kappa shape index (κ1) is 19.4. The van der Waals surface area contributed by atoms with Crippen molar-refractivity contribution in [1.82, 2.24) is 0 Å². The summed E-state index contributed by atoms with van der Waals surface area (Å²) < 4.78 is 54.1. The van der Waals surface area contributed by atoms with Crippen LogP contribution in [0.3, 0.4) is 0 Å². The predicted octanol–water partition coefficient (Wildman–Crippen LogP) is 2.49. The van der Waals surface area contributed by atoms with Crippen LogP contribution in [0.15, 0.2) is 82.6 Å². The largest absolute Gasteiger partial charge is 0.396 e. The molecule has 0 heterocycles. The van der Waals surface area contributed by atoms with E-state index in [1.807, 2.05) is 0 Å². The molecule has 0 radical (unpaired) electrons. The quantitative estimate of drug-likeness (QED) is 0.754. The highest BCUT2D eigenvalue weighted by atomic mass is 32.2. The van der Waals surface area contributed by atoms with E-state index < -0.39 is 47.4 Å². The Kier molecular flexibility index (Phi) is 4.52. The summed E-state index contributed by atoms with van der Waals surface area (Å²) in [7, 11) is -7.87. The molecule has 2 bridgehead atoms. The third-order valence-electron chi connectivity index (χ3n) is 6.28. The maximum Gasteiger partial charge on any atom is 0.183 e. The number of aliphatic hydroxyl groups is 1. The number of hydrogen-bond acceptors (Lipinski definition) is 5. The minimum absolute atomic E-state index is 0.106. The third kappa shape index (κ3) is 2.60. The van der Waals surface area contributed by atoms with Crippen LogP contribution in [0.1, 0.15) is 6.92 Å². The number of fused-ring (bicyclic) bond motifs is 2. The lowest BCUT2D eigenvalue weighted by Gasteiger charge is -2.28. The molecule has 4 unspecified atom stereocenters. The van der Waals surface area contributed by atoms with Crippen molar-refractivity contribution >= 4 is 19.7 Å². The van der Waals surface area contributed by atoms with Gasteiger partial charge >= 0.3 is 0 Å². The molecule has 0 amide bonds. The van der Waals surface area contributed by atoms with Crippen molar-refractivity contribution in [1.29, 1.82) is 0 Å². The molecule has 1 saturated carbocycles. The van der Waals surface area contributed by atoms with Crippen molar-refractivity contribution in [3.05, 3.63) is 72.8 Å². The fourth-order valence-corrected chi connectivity index (χ4v) is 9.96. The summed E-state index contributed by atoms with van der Waals surface area (Å²) in [6.45, 7) is 1.49. The van der Waals surface area contributed by atoms with Gasteiger partial charge in [0.15, 0.2) is 19.7 Å². The van der Waals surface area contributed by atoms with Gasteiger partial charge in [-0.25, -0.2) is 16.8 Å². The van der Waals surface area contributed by atoms with Crippen molar-refractivity contribution in [2.75, 3.05) is 6.61 Å². The number of sulfone groups is 2. The highest BCUT2D eigenvalue weighted by molar-refractivity contribution is 7.96. The lowest BCUT2D eigenvalue weighted by molar-refractivity contribution is 0.106. The van der Waals surface area contributed by atoms with Crippen LogP contribution in [0, 0.1) is 17.3 Å². The Hall–Kier alpha value is -1.96. The first-order valence-electron chi connectivity index (χ1n) is 9.11. The predicted molar refractivity (Wildman–Crippen MR) is 106 cm³/mol. The van der Waals surface area contributed by atoms with Crippen molar-refractivity contribution in [2.45, 2.75) is 27.2 Å². The van der Waals surface area contributed by atoms with E-state index in [1.54, 1.807) is 55.5 Å². The van der Waals surface area contributed by atoms with Gasteiger partial charge in [0.1, 0.15) is 0 Å². The molecular formula is C21H22O5S2. The van der Waals surface area contributed by atoms with Gasteiger partial charge in [-0.1, -0.05) is 55.5 Å². The standard InChI is InChI=1S/C21H22O5S2/c1-21(14-22)17-12-13-18(21)20(28(25,26)16-10-6-3-7-11-16)19(17)27(23,24)15-8-4-2-5-9-15/h2-13,17-20,22H,14H2,1H3. The van der Waals surface area contributed by atoms with Gasteiger partial charge in [0.2, 0.25) is 0 Å². The lowest BCUT2D eigenvalue weighted by Crippen LogP contribution is -2.42. The second kappa shape index (κ2) is 6.54. The van der Waals surface area contributed by atoms with Crippen LogP contribution in [0.2, 0.25) is 0 Å². The molecule has 2 aliphatic rings. The molecule has 2 aromatic rings. The van der Waals surface area contributed by atoms with Gasteiger partial charge in [-0.2, -0.15) is 0 Å². The molecule has 4 atom stereocenters. The minimum Gasteiger partial charge on any atom is -0.396 e. The van der Waals surface area contributed by atoms with E-state index in [2.05, 4.69) is 0 Å². The van der Waals surface area contributed by atoms with Crippen molar-refractivity contribution < 1.29 is 21.9 Å². The second-order valence-corrected chi connectivity index (χ2v) is 12.0. The number of aliphatic hydroxyl groups excluding tert-OH is 1. The first-order chi connectivity index (χ1) is 13.2. The summed E-state index contributed by atoms with van der Waals surface area (Å²) in [6.07, 6.45) is 3.53. The molecule has 0 spiro atoms. The Morgan fingerprint density at radius 2 is 1.11 bits per heavy atom. The molecule has 0 aliphatic heterocycles. The second-order valence-electron chi connectivity index (χ2n) is 7.75. The number of benzene rings is 2. The van der Waals surface area contributed by atoms with Crippen LogP contribution in [0.25, 0.3) is 0 Å². The number of rotatable bonds is 5. The Bertz CT molecular complexity index is 1020. The van der Waals surface area contributed by atoms with Gasteiger partial charge in [-0.3, -0.25) is 0 Å². The van der Waals surface area contributed by atoms with Crippen LogP contribution < -0.4 is 0 Å². The molecule has 1 fully saturated rings. The van der Waals surface area contributed by atoms with E-state index in [9.17, 15) is 21.9 Å². The molecular weight excluding hydrogens is 396 g/mol. The molecule has 7 heteroatoms. The van der Waals surface area contributed by atoms with E-state index in [0.29, 0.717) is 0 Å². The summed E-state index contributed by atoms with van der Waals surface area (Å²) in [5.74, 6) is -1.15. The molecule has 4 rings (SSSR count). The average Bonchev–Trinajstić information content (AvgIpc) is 3.18. The van der Waals surface area contributed by atoms with Gasteiger partial charge in [-0.15, -0.1) is 0 Å². The fraction of sp³-hybridized carbons (Fsp3) is 0.333. The first-order valence-corrected chi connectivity index (χ1v) is 12.2. The van der Waals surface area contributed by atoms with Crippen LogP contribution in [0.5, 0.6) is 0 Å². The molecule has 0 aromatic heterocycles. The minimum atomic E-state index is -3.93. The molecule has 2 aliphatic carbocycles. The number of allylic oxidation sites excluding steroid dienone is 2. The van der Waals surface area contributed by atoms with Crippen LogP contribution in [-0.4, -0.2) is 39.0 Å². The van der Waals surface area contributed by atoms with E-state index in [-0.39, 0.29) is 16.4 Å². The van der Waals surface area contributed by atoms with E-state index in [4.69, 9.17) is 0 Å². The Balaban J connectivity index is 1.92. The summed E-state index contributed by atoms with van der Waals surface area (Å²) in [5, 5.41) is 7.79. The maximum absolute atomic E-state index is 13.5. The SMILES string of the molecule is CC1(CO)C2C=CC1C(S(=O)(=O)c1ccccc1)C2S(=O)(=O)c1ccccc1.